The molecule has 0 aliphatic carbocycles. The standard InChI is InChI=1S/C19H22BrNO3/c1-14-6-5-7-16(12-14)24-11-4-3-10-21-18-9-8-15(20)13-17(18)19(22)23-2/h5-9,12-13,21H,3-4,10-11H2,1-2H3. The van der Waals surface area contributed by atoms with Gasteiger partial charge in [-0.1, -0.05) is 28.1 Å². The maximum Gasteiger partial charge on any atom is 0.340 e. The van der Waals surface area contributed by atoms with E-state index < -0.39 is 0 Å². The summed E-state index contributed by atoms with van der Waals surface area (Å²) in [5.41, 5.74) is 2.51. The Kier molecular flexibility index (Phi) is 7.12. The van der Waals surface area contributed by atoms with Crippen molar-refractivity contribution in [3.8, 4) is 5.75 Å². The van der Waals surface area contributed by atoms with E-state index in [0.717, 1.165) is 35.3 Å². The lowest BCUT2D eigenvalue weighted by Gasteiger charge is -2.11. The largest absolute Gasteiger partial charge is 0.494 e. The summed E-state index contributed by atoms with van der Waals surface area (Å²) in [6.45, 7) is 3.49. The van der Waals surface area contributed by atoms with E-state index in [4.69, 9.17) is 9.47 Å². The smallest absolute Gasteiger partial charge is 0.340 e. The molecular formula is C19H22BrNO3. The number of esters is 1. The van der Waals surface area contributed by atoms with Crippen molar-refractivity contribution in [2.24, 2.45) is 0 Å². The molecule has 0 amide bonds. The van der Waals surface area contributed by atoms with E-state index in [1.807, 2.05) is 43.3 Å². The van der Waals surface area contributed by atoms with Crippen LogP contribution >= 0.6 is 15.9 Å². The van der Waals surface area contributed by atoms with Crippen LogP contribution in [0.25, 0.3) is 0 Å². The summed E-state index contributed by atoms with van der Waals surface area (Å²) < 4.78 is 11.4. The minimum atomic E-state index is -0.346. The fraction of sp³-hybridized carbons (Fsp3) is 0.316. The molecule has 0 saturated carbocycles. The van der Waals surface area contributed by atoms with E-state index in [9.17, 15) is 4.79 Å². The molecule has 2 aromatic carbocycles. The lowest BCUT2D eigenvalue weighted by molar-refractivity contribution is 0.0601. The number of benzene rings is 2. The van der Waals surface area contributed by atoms with Gasteiger partial charge in [-0.25, -0.2) is 4.79 Å². The van der Waals surface area contributed by atoms with E-state index >= 15 is 0 Å². The molecule has 0 saturated heterocycles. The van der Waals surface area contributed by atoms with Crippen LogP contribution in [0, 0.1) is 6.92 Å². The summed E-state index contributed by atoms with van der Waals surface area (Å²) >= 11 is 3.37. The first-order valence-electron chi connectivity index (χ1n) is 7.91. The third-order valence-electron chi connectivity index (χ3n) is 3.53. The molecule has 0 bridgehead atoms. The molecule has 4 nitrogen and oxygen atoms in total. The predicted molar refractivity (Wildman–Crippen MR) is 99.9 cm³/mol. The van der Waals surface area contributed by atoms with Gasteiger partial charge in [0, 0.05) is 16.7 Å². The predicted octanol–water partition coefficient (Wildman–Crippen LogP) is 4.82. The number of carbonyl (C=O) groups is 1. The van der Waals surface area contributed by atoms with E-state index in [0.29, 0.717) is 12.2 Å². The van der Waals surface area contributed by atoms with Crippen LogP contribution in [-0.2, 0) is 4.74 Å². The van der Waals surface area contributed by atoms with Crippen molar-refractivity contribution in [3.63, 3.8) is 0 Å². The Morgan fingerprint density at radius 1 is 1.17 bits per heavy atom. The molecule has 1 N–H and O–H groups in total. The number of rotatable bonds is 8. The molecule has 0 heterocycles. The van der Waals surface area contributed by atoms with Crippen LogP contribution in [0.1, 0.15) is 28.8 Å². The molecule has 0 spiro atoms. The molecule has 0 fully saturated rings. The quantitative estimate of drug-likeness (QED) is 0.517. The maximum atomic E-state index is 11.8. The molecule has 5 heteroatoms. The van der Waals surface area contributed by atoms with Crippen LogP contribution in [-0.4, -0.2) is 26.2 Å². The third-order valence-corrected chi connectivity index (χ3v) is 4.03. The number of hydrogen-bond acceptors (Lipinski definition) is 4. The van der Waals surface area contributed by atoms with Gasteiger partial charge >= 0.3 is 5.97 Å². The summed E-state index contributed by atoms with van der Waals surface area (Å²) in [5, 5.41) is 3.29. The van der Waals surface area contributed by atoms with Crippen molar-refractivity contribution < 1.29 is 14.3 Å². The summed E-state index contributed by atoms with van der Waals surface area (Å²) in [6, 6.07) is 13.6. The summed E-state index contributed by atoms with van der Waals surface area (Å²) in [4.78, 5) is 11.8. The Labute approximate surface area is 151 Å². The Bertz CT molecular complexity index is 688. The van der Waals surface area contributed by atoms with Gasteiger partial charge in [0.2, 0.25) is 0 Å². The first-order valence-corrected chi connectivity index (χ1v) is 8.70. The molecule has 0 aliphatic rings. The van der Waals surface area contributed by atoms with Crippen LogP contribution in [0.2, 0.25) is 0 Å². The van der Waals surface area contributed by atoms with E-state index in [1.165, 1.54) is 12.7 Å². The summed E-state index contributed by atoms with van der Waals surface area (Å²) in [6.07, 6.45) is 1.88. The Hall–Kier alpha value is -2.01. The Balaban J connectivity index is 1.75. The summed E-state index contributed by atoms with van der Waals surface area (Å²) in [7, 11) is 1.38. The van der Waals surface area contributed by atoms with Gasteiger partial charge in [-0.05, 0) is 55.7 Å². The molecule has 0 radical (unpaired) electrons. The second-order valence-corrected chi connectivity index (χ2v) is 6.40. The van der Waals surface area contributed by atoms with Crippen molar-refractivity contribution in [2.45, 2.75) is 19.8 Å². The zero-order chi connectivity index (χ0) is 17.4. The lowest BCUT2D eigenvalue weighted by Crippen LogP contribution is -2.10. The number of halogens is 1. The van der Waals surface area contributed by atoms with Crippen molar-refractivity contribution >= 4 is 27.6 Å². The molecule has 2 rings (SSSR count). The van der Waals surface area contributed by atoms with E-state index in [-0.39, 0.29) is 5.97 Å². The van der Waals surface area contributed by atoms with Crippen molar-refractivity contribution in [2.75, 3.05) is 25.6 Å². The minimum absolute atomic E-state index is 0.346. The van der Waals surface area contributed by atoms with Crippen LogP contribution in [0.15, 0.2) is 46.9 Å². The fourth-order valence-corrected chi connectivity index (χ4v) is 2.66. The van der Waals surface area contributed by atoms with Crippen LogP contribution in [0.4, 0.5) is 5.69 Å². The average Bonchev–Trinajstić information content (AvgIpc) is 2.58. The zero-order valence-corrected chi connectivity index (χ0v) is 15.6. The van der Waals surface area contributed by atoms with Crippen LogP contribution in [0.3, 0.4) is 0 Å². The van der Waals surface area contributed by atoms with Crippen molar-refractivity contribution in [1.29, 1.82) is 0 Å². The topological polar surface area (TPSA) is 47.6 Å². The Morgan fingerprint density at radius 2 is 2.00 bits per heavy atom. The number of carbonyl (C=O) groups excluding carboxylic acids is 1. The Morgan fingerprint density at radius 3 is 2.75 bits per heavy atom. The van der Waals surface area contributed by atoms with Gasteiger partial charge in [0.15, 0.2) is 0 Å². The SMILES string of the molecule is COC(=O)c1cc(Br)ccc1NCCCCOc1cccc(C)c1. The number of unbranched alkanes of at least 4 members (excludes halogenated alkanes) is 1. The first-order chi connectivity index (χ1) is 11.6. The highest BCUT2D eigenvalue weighted by Gasteiger charge is 2.11. The third kappa shape index (κ3) is 5.57. The molecule has 128 valence electrons. The minimum Gasteiger partial charge on any atom is -0.494 e. The summed E-state index contributed by atoms with van der Waals surface area (Å²) in [5.74, 6) is 0.561. The number of aryl methyl sites for hydroxylation is 1. The molecule has 0 atom stereocenters. The molecule has 0 unspecified atom stereocenters. The second kappa shape index (κ2) is 9.33. The number of anilines is 1. The van der Waals surface area contributed by atoms with Crippen molar-refractivity contribution in [3.05, 3.63) is 58.1 Å². The zero-order valence-electron chi connectivity index (χ0n) is 14.0. The van der Waals surface area contributed by atoms with Gasteiger partial charge < -0.3 is 14.8 Å². The maximum absolute atomic E-state index is 11.8. The highest BCUT2D eigenvalue weighted by atomic mass is 79.9. The number of hydrogen-bond donors (Lipinski definition) is 1. The highest BCUT2D eigenvalue weighted by molar-refractivity contribution is 9.10. The van der Waals surface area contributed by atoms with Gasteiger partial charge in [0.25, 0.3) is 0 Å². The van der Waals surface area contributed by atoms with Gasteiger partial charge in [-0.15, -0.1) is 0 Å². The van der Waals surface area contributed by atoms with E-state index in [1.54, 1.807) is 6.07 Å². The molecular weight excluding hydrogens is 370 g/mol. The molecule has 2 aromatic rings. The molecule has 24 heavy (non-hydrogen) atoms. The van der Waals surface area contributed by atoms with Crippen LogP contribution in [0.5, 0.6) is 5.75 Å². The monoisotopic (exact) mass is 391 g/mol. The number of methoxy groups -OCH3 is 1. The van der Waals surface area contributed by atoms with Crippen molar-refractivity contribution in [1.82, 2.24) is 0 Å². The normalized spacial score (nSPS) is 10.3. The molecule has 0 aliphatic heterocycles. The highest BCUT2D eigenvalue weighted by Crippen LogP contribution is 2.22. The lowest BCUT2D eigenvalue weighted by atomic mass is 10.1. The van der Waals surface area contributed by atoms with Gasteiger partial charge in [0.05, 0.1) is 19.3 Å². The fourth-order valence-electron chi connectivity index (χ4n) is 2.29. The molecule has 0 aromatic heterocycles. The van der Waals surface area contributed by atoms with Gasteiger partial charge in [-0.2, -0.15) is 0 Å². The second-order valence-electron chi connectivity index (χ2n) is 5.48. The number of nitrogens with one attached hydrogen (secondary N) is 1. The van der Waals surface area contributed by atoms with E-state index in [2.05, 4.69) is 21.2 Å². The number of ether oxygens (including phenoxy) is 2. The average molecular weight is 392 g/mol. The van der Waals surface area contributed by atoms with Gasteiger partial charge in [-0.3, -0.25) is 0 Å². The van der Waals surface area contributed by atoms with Crippen LogP contribution < -0.4 is 10.1 Å². The van der Waals surface area contributed by atoms with Gasteiger partial charge in [0.1, 0.15) is 5.75 Å². The first kappa shape index (κ1) is 18.3.